The summed E-state index contributed by atoms with van der Waals surface area (Å²) < 4.78 is 18.6. The van der Waals surface area contributed by atoms with Crippen molar-refractivity contribution in [3.8, 4) is 0 Å². The standard InChI is InChI=1S/C15H31NO4Si/c1-14(2,3)21(6,7)20-12-10(9-17)16-8-11-13(12)19-15(4,5)18-11/h10-13,16-17H,8-9H2,1-7H3/t10-,11-,12-,13-/m1/s1. The summed E-state index contributed by atoms with van der Waals surface area (Å²) in [5.41, 5.74) is 0. The average molecular weight is 318 g/mol. The minimum atomic E-state index is -1.94. The Kier molecular flexibility index (Phi) is 4.62. The smallest absolute Gasteiger partial charge is 0.192 e. The molecule has 0 spiro atoms. The van der Waals surface area contributed by atoms with Crippen LogP contribution in [0.1, 0.15) is 34.6 Å². The summed E-state index contributed by atoms with van der Waals surface area (Å²) in [6, 6.07) is -0.0992. The van der Waals surface area contributed by atoms with E-state index >= 15 is 0 Å². The lowest BCUT2D eigenvalue weighted by molar-refractivity contribution is -0.153. The van der Waals surface area contributed by atoms with Gasteiger partial charge in [0.05, 0.1) is 18.8 Å². The second-order valence-electron chi connectivity index (χ2n) is 8.18. The van der Waals surface area contributed by atoms with Crippen LogP contribution in [0.3, 0.4) is 0 Å². The molecule has 124 valence electrons. The van der Waals surface area contributed by atoms with Crippen LogP contribution in [0.2, 0.25) is 18.1 Å². The molecule has 0 radical (unpaired) electrons. The Bertz CT molecular complexity index is 380. The van der Waals surface area contributed by atoms with Gasteiger partial charge in [0.25, 0.3) is 0 Å². The molecule has 21 heavy (non-hydrogen) atoms. The van der Waals surface area contributed by atoms with E-state index < -0.39 is 14.1 Å². The molecule has 2 rings (SSSR count). The van der Waals surface area contributed by atoms with Crippen LogP contribution >= 0.6 is 0 Å². The predicted octanol–water partition coefficient (Wildman–Crippen LogP) is 1.86. The zero-order valence-corrected chi connectivity index (χ0v) is 15.4. The predicted molar refractivity (Wildman–Crippen MR) is 84.8 cm³/mol. The molecule has 0 aromatic carbocycles. The van der Waals surface area contributed by atoms with Gasteiger partial charge in [-0.15, -0.1) is 0 Å². The Hall–Kier alpha value is 0.0169. The fourth-order valence-electron chi connectivity index (χ4n) is 2.75. The largest absolute Gasteiger partial charge is 0.409 e. The molecule has 2 aliphatic heterocycles. The van der Waals surface area contributed by atoms with Gasteiger partial charge in [0.15, 0.2) is 14.1 Å². The number of piperidine rings is 1. The normalized spacial score (nSPS) is 36.6. The van der Waals surface area contributed by atoms with Crippen molar-refractivity contribution in [2.45, 2.75) is 82.9 Å². The van der Waals surface area contributed by atoms with Gasteiger partial charge in [-0.3, -0.25) is 0 Å². The van der Waals surface area contributed by atoms with Crippen LogP contribution in [-0.4, -0.2) is 56.7 Å². The molecule has 0 unspecified atom stereocenters. The maximum absolute atomic E-state index is 9.69. The molecule has 2 heterocycles. The van der Waals surface area contributed by atoms with E-state index in [1.165, 1.54) is 0 Å². The minimum absolute atomic E-state index is 0.0161. The highest BCUT2D eigenvalue weighted by atomic mass is 28.4. The van der Waals surface area contributed by atoms with Crippen LogP contribution in [0.25, 0.3) is 0 Å². The SMILES string of the molecule is CC1(C)O[C@H]2[C@H](O[Si](C)(C)C(C)(C)C)[C@@H](CO)NC[C@H]2O1. The summed E-state index contributed by atoms with van der Waals surface area (Å²) in [5.74, 6) is -0.587. The number of rotatable bonds is 3. The van der Waals surface area contributed by atoms with Crippen molar-refractivity contribution in [1.82, 2.24) is 5.32 Å². The topological polar surface area (TPSA) is 60.0 Å². The summed E-state index contributed by atoms with van der Waals surface area (Å²) >= 11 is 0. The molecule has 2 aliphatic rings. The van der Waals surface area contributed by atoms with Crippen molar-refractivity contribution >= 4 is 8.32 Å². The first kappa shape index (κ1) is 17.4. The summed E-state index contributed by atoms with van der Waals surface area (Å²) in [6.07, 6.45) is -0.304. The Morgan fingerprint density at radius 1 is 1.29 bits per heavy atom. The fraction of sp³-hybridized carbons (Fsp3) is 1.00. The molecule has 5 nitrogen and oxygen atoms in total. The lowest BCUT2D eigenvalue weighted by Crippen LogP contribution is -2.63. The first-order chi connectivity index (χ1) is 9.47. The third kappa shape index (κ3) is 3.51. The third-order valence-electron chi connectivity index (χ3n) is 4.96. The number of nitrogens with one attached hydrogen (secondary N) is 1. The van der Waals surface area contributed by atoms with Gasteiger partial charge in [0.1, 0.15) is 12.2 Å². The van der Waals surface area contributed by atoms with Crippen LogP contribution < -0.4 is 5.32 Å². The molecule has 0 aliphatic carbocycles. The zero-order chi connectivity index (χ0) is 16.1. The van der Waals surface area contributed by atoms with Crippen LogP contribution in [0.4, 0.5) is 0 Å². The Balaban J connectivity index is 2.20. The molecule has 0 saturated carbocycles. The van der Waals surface area contributed by atoms with Gasteiger partial charge in [0.2, 0.25) is 0 Å². The van der Waals surface area contributed by atoms with E-state index in [9.17, 15) is 5.11 Å². The highest BCUT2D eigenvalue weighted by Crippen LogP contribution is 2.41. The van der Waals surface area contributed by atoms with Crippen molar-refractivity contribution in [3.63, 3.8) is 0 Å². The van der Waals surface area contributed by atoms with Crippen molar-refractivity contribution in [2.24, 2.45) is 0 Å². The number of aliphatic hydroxyl groups is 1. The van der Waals surface area contributed by atoms with E-state index in [0.29, 0.717) is 6.54 Å². The number of hydrogen-bond acceptors (Lipinski definition) is 5. The van der Waals surface area contributed by atoms with Gasteiger partial charge in [0, 0.05) is 6.54 Å². The van der Waals surface area contributed by atoms with E-state index in [1.54, 1.807) is 0 Å². The maximum Gasteiger partial charge on any atom is 0.192 e. The van der Waals surface area contributed by atoms with E-state index in [1.807, 2.05) is 13.8 Å². The lowest BCUT2D eigenvalue weighted by Gasteiger charge is -2.45. The third-order valence-corrected chi connectivity index (χ3v) is 9.43. The van der Waals surface area contributed by atoms with Crippen LogP contribution in [-0.2, 0) is 13.9 Å². The van der Waals surface area contributed by atoms with Crippen LogP contribution in [0, 0.1) is 0 Å². The number of fused-ring (bicyclic) bond motifs is 1. The van der Waals surface area contributed by atoms with Gasteiger partial charge >= 0.3 is 0 Å². The quantitative estimate of drug-likeness (QED) is 0.778. The van der Waals surface area contributed by atoms with Crippen molar-refractivity contribution in [3.05, 3.63) is 0 Å². The molecule has 0 aromatic heterocycles. The first-order valence-electron chi connectivity index (χ1n) is 7.84. The second kappa shape index (κ2) is 5.58. The van der Waals surface area contributed by atoms with E-state index in [0.717, 1.165) is 0 Å². The molecule has 0 aromatic rings. The minimum Gasteiger partial charge on any atom is -0.409 e. The molecule has 2 N–H and O–H groups in total. The average Bonchev–Trinajstić information content (AvgIpc) is 2.62. The molecular formula is C15H31NO4Si. The van der Waals surface area contributed by atoms with Gasteiger partial charge in [-0.1, -0.05) is 20.8 Å². The fourth-order valence-corrected chi connectivity index (χ4v) is 4.08. The molecule has 2 fully saturated rings. The molecule has 6 heteroatoms. The van der Waals surface area contributed by atoms with Crippen molar-refractivity contribution in [2.75, 3.05) is 13.2 Å². The number of ether oxygens (including phenoxy) is 2. The Morgan fingerprint density at radius 3 is 2.43 bits per heavy atom. The zero-order valence-electron chi connectivity index (χ0n) is 14.4. The van der Waals surface area contributed by atoms with Gasteiger partial charge in [-0.2, -0.15) is 0 Å². The number of aliphatic hydroxyl groups excluding tert-OH is 1. The Morgan fingerprint density at radius 2 is 1.90 bits per heavy atom. The first-order valence-corrected chi connectivity index (χ1v) is 10.8. The van der Waals surface area contributed by atoms with E-state index in [-0.39, 0.29) is 36.0 Å². The molecule has 4 atom stereocenters. The monoisotopic (exact) mass is 317 g/mol. The summed E-state index contributed by atoms with van der Waals surface area (Å²) in [6.45, 7) is 15.7. The summed E-state index contributed by atoms with van der Waals surface area (Å²) in [4.78, 5) is 0. The Labute approximate surface area is 129 Å². The van der Waals surface area contributed by atoms with Crippen molar-refractivity contribution < 1.29 is 19.0 Å². The van der Waals surface area contributed by atoms with Gasteiger partial charge in [-0.05, 0) is 32.0 Å². The molecular weight excluding hydrogens is 286 g/mol. The van der Waals surface area contributed by atoms with E-state index in [4.69, 9.17) is 13.9 Å². The van der Waals surface area contributed by atoms with Gasteiger partial charge in [-0.25, -0.2) is 0 Å². The highest BCUT2D eigenvalue weighted by Gasteiger charge is 2.53. The lowest BCUT2D eigenvalue weighted by atomic mass is 9.97. The maximum atomic E-state index is 9.69. The van der Waals surface area contributed by atoms with Crippen LogP contribution in [0.5, 0.6) is 0 Å². The molecule has 0 bridgehead atoms. The number of hydrogen-bond donors (Lipinski definition) is 2. The van der Waals surface area contributed by atoms with Gasteiger partial charge < -0.3 is 24.3 Å². The molecule has 2 saturated heterocycles. The van der Waals surface area contributed by atoms with E-state index in [2.05, 4.69) is 39.2 Å². The summed E-state index contributed by atoms with van der Waals surface area (Å²) in [5, 5.41) is 13.2. The van der Waals surface area contributed by atoms with Crippen LogP contribution in [0.15, 0.2) is 0 Å². The highest BCUT2D eigenvalue weighted by molar-refractivity contribution is 6.74. The second-order valence-corrected chi connectivity index (χ2v) is 12.9. The van der Waals surface area contributed by atoms with Crippen molar-refractivity contribution in [1.29, 1.82) is 0 Å². The summed E-state index contributed by atoms with van der Waals surface area (Å²) in [7, 11) is -1.94. The molecule has 0 amide bonds.